The molecule has 0 amide bonds. The maximum atomic E-state index is 11.6. The quantitative estimate of drug-likeness (QED) is 0.831. The number of carbonyl (C=O) groups is 1. The van der Waals surface area contributed by atoms with Gasteiger partial charge in [-0.25, -0.2) is 9.78 Å². The minimum absolute atomic E-state index is 0.296. The van der Waals surface area contributed by atoms with Gasteiger partial charge in [0.05, 0.1) is 22.4 Å². The number of nitrogens with two attached hydrogens (primary N) is 1. The summed E-state index contributed by atoms with van der Waals surface area (Å²) in [4.78, 5) is 15.7. The third kappa shape index (κ3) is 2.14. The Balaban J connectivity index is 2.28. The first-order valence-electron chi connectivity index (χ1n) is 5.04. The lowest BCUT2D eigenvalue weighted by molar-refractivity contribution is 0.0505. The summed E-state index contributed by atoms with van der Waals surface area (Å²) in [5, 5.41) is 0.508. The lowest BCUT2D eigenvalue weighted by Gasteiger charge is -2.02. The number of hydrogen-bond acceptors (Lipinski definition) is 5. The van der Waals surface area contributed by atoms with E-state index in [0.717, 1.165) is 16.6 Å². The average molecular weight is 236 g/mol. The molecule has 2 rings (SSSR count). The first-order valence-corrected chi connectivity index (χ1v) is 5.85. The van der Waals surface area contributed by atoms with Crippen molar-refractivity contribution in [2.75, 3.05) is 12.3 Å². The predicted octanol–water partition coefficient (Wildman–Crippen LogP) is 2.45. The number of nitrogen functional groups attached to an aromatic ring is 1. The molecular weight excluding hydrogens is 224 g/mol. The predicted molar refractivity (Wildman–Crippen MR) is 64.6 cm³/mol. The van der Waals surface area contributed by atoms with Gasteiger partial charge in [-0.05, 0) is 24.6 Å². The minimum Gasteiger partial charge on any atom is -0.462 e. The summed E-state index contributed by atoms with van der Waals surface area (Å²) >= 11 is 1.37. The van der Waals surface area contributed by atoms with Crippen LogP contribution in [0, 0.1) is 0 Å². The molecular formula is C11H12N2O2S. The molecule has 0 aliphatic rings. The van der Waals surface area contributed by atoms with Gasteiger partial charge in [-0.1, -0.05) is 18.3 Å². The zero-order chi connectivity index (χ0) is 11.5. The molecule has 4 nitrogen and oxygen atoms in total. The molecule has 0 spiro atoms. The van der Waals surface area contributed by atoms with Gasteiger partial charge in [-0.2, -0.15) is 0 Å². The van der Waals surface area contributed by atoms with Crippen molar-refractivity contribution in [1.29, 1.82) is 0 Å². The van der Waals surface area contributed by atoms with Gasteiger partial charge in [0, 0.05) is 0 Å². The van der Waals surface area contributed by atoms with E-state index in [1.54, 1.807) is 18.2 Å². The van der Waals surface area contributed by atoms with Crippen LogP contribution in [0.4, 0.5) is 5.13 Å². The monoisotopic (exact) mass is 236 g/mol. The number of ether oxygens (including phenoxy) is 1. The molecule has 0 aliphatic carbocycles. The van der Waals surface area contributed by atoms with Crippen molar-refractivity contribution in [3.8, 4) is 0 Å². The Bertz CT molecular complexity index is 522. The van der Waals surface area contributed by atoms with E-state index < -0.39 is 0 Å². The number of fused-ring (bicyclic) bond motifs is 1. The Hall–Kier alpha value is -1.62. The van der Waals surface area contributed by atoms with E-state index in [1.807, 2.05) is 6.92 Å². The lowest BCUT2D eigenvalue weighted by Crippen LogP contribution is -2.05. The normalized spacial score (nSPS) is 10.6. The third-order valence-electron chi connectivity index (χ3n) is 2.08. The van der Waals surface area contributed by atoms with Crippen LogP contribution in [-0.2, 0) is 4.74 Å². The van der Waals surface area contributed by atoms with Crippen LogP contribution in [-0.4, -0.2) is 17.6 Å². The number of esters is 1. The summed E-state index contributed by atoms with van der Waals surface area (Å²) in [5.74, 6) is -0.296. The molecule has 0 saturated heterocycles. The molecule has 16 heavy (non-hydrogen) atoms. The van der Waals surface area contributed by atoms with Crippen molar-refractivity contribution in [2.45, 2.75) is 13.3 Å². The topological polar surface area (TPSA) is 65.2 Å². The summed E-state index contributed by atoms with van der Waals surface area (Å²) in [5.41, 5.74) is 6.95. The van der Waals surface area contributed by atoms with Crippen molar-refractivity contribution >= 4 is 32.7 Å². The molecule has 0 aliphatic heterocycles. The van der Waals surface area contributed by atoms with Crippen LogP contribution in [0.3, 0.4) is 0 Å². The highest BCUT2D eigenvalue weighted by molar-refractivity contribution is 7.22. The number of carbonyl (C=O) groups excluding carboxylic acids is 1. The smallest absolute Gasteiger partial charge is 0.338 e. The van der Waals surface area contributed by atoms with Crippen molar-refractivity contribution < 1.29 is 9.53 Å². The Morgan fingerprint density at radius 3 is 3.12 bits per heavy atom. The highest BCUT2D eigenvalue weighted by Crippen LogP contribution is 2.24. The van der Waals surface area contributed by atoms with E-state index in [4.69, 9.17) is 10.5 Å². The van der Waals surface area contributed by atoms with Crippen molar-refractivity contribution in [3.05, 3.63) is 23.8 Å². The highest BCUT2D eigenvalue weighted by atomic mass is 32.1. The fourth-order valence-corrected chi connectivity index (χ4v) is 2.12. The first-order chi connectivity index (χ1) is 7.70. The van der Waals surface area contributed by atoms with Gasteiger partial charge in [0.25, 0.3) is 0 Å². The van der Waals surface area contributed by atoms with E-state index in [2.05, 4.69) is 4.98 Å². The van der Waals surface area contributed by atoms with Gasteiger partial charge in [-0.15, -0.1) is 0 Å². The summed E-state index contributed by atoms with van der Waals surface area (Å²) < 4.78 is 5.95. The number of hydrogen-bond donors (Lipinski definition) is 1. The number of thiazole rings is 1. The summed E-state index contributed by atoms with van der Waals surface area (Å²) in [6.07, 6.45) is 0.821. The third-order valence-corrected chi connectivity index (χ3v) is 2.93. The van der Waals surface area contributed by atoms with E-state index in [-0.39, 0.29) is 5.97 Å². The van der Waals surface area contributed by atoms with Crippen LogP contribution in [0.15, 0.2) is 18.2 Å². The second kappa shape index (κ2) is 4.49. The molecule has 0 saturated carbocycles. The molecule has 2 N–H and O–H groups in total. The maximum Gasteiger partial charge on any atom is 0.338 e. The van der Waals surface area contributed by atoms with Gasteiger partial charge in [0.15, 0.2) is 5.13 Å². The van der Waals surface area contributed by atoms with Gasteiger partial charge < -0.3 is 10.5 Å². The molecule has 1 aromatic heterocycles. The Kier molecular flexibility index (Phi) is 3.05. The largest absolute Gasteiger partial charge is 0.462 e. The zero-order valence-corrected chi connectivity index (χ0v) is 9.71. The number of rotatable bonds is 3. The fraction of sp³-hybridized carbons (Fsp3) is 0.273. The van der Waals surface area contributed by atoms with Gasteiger partial charge >= 0.3 is 5.97 Å². The Morgan fingerprint density at radius 1 is 1.56 bits per heavy atom. The zero-order valence-electron chi connectivity index (χ0n) is 8.90. The van der Waals surface area contributed by atoms with Crippen LogP contribution in [0.25, 0.3) is 10.2 Å². The maximum absolute atomic E-state index is 11.6. The molecule has 0 radical (unpaired) electrons. The standard InChI is InChI=1S/C11H12N2O2S/c1-2-5-15-10(14)7-3-4-8-9(6-7)16-11(12)13-8/h3-4,6H,2,5H2,1H3,(H2,12,13). The Morgan fingerprint density at radius 2 is 2.38 bits per heavy atom. The van der Waals surface area contributed by atoms with Crippen molar-refractivity contribution in [1.82, 2.24) is 4.98 Å². The molecule has 2 aromatic rings. The van der Waals surface area contributed by atoms with Crippen LogP contribution < -0.4 is 5.73 Å². The first kappa shape index (κ1) is 10.9. The molecule has 0 bridgehead atoms. The van der Waals surface area contributed by atoms with E-state index in [9.17, 15) is 4.79 Å². The van der Waals surface area contributed by atoms with E-state index in [0.29, 0.717) is 17.3 Å². The molecule has 1 heterocycles. The second-order valence-electron chi connectivity index (χ2n) is 3.37. The van der Waals surface area contributed by atoms with Crippen LogP contribution >= 0.6 is 11.3 Å². The summed E-state index contributed by atoms with van der Waals surface area (Å²) in [6.45, 7) is 2.40. The Labute approximate surface area is 97.0 Å². The molecule has 0 fully saturated rings. The molecule has 0 atom stereocenters. The highest BCUT2D eigenvalue weighted by Gasteiger charge is 2.09. The summed E-state index contributed by atoms with van der Waals surface area (Å²) in [7, 11) is 0. The number of anilines is 1. The molecule has 5 heteroatoms. The van der Waals surface area contributed by atoms with Crippen LogP contribution in [0.5, 0.6) is 0 Å². The van der Waals surface area contributed by atoms with Gasteiger partial charge in [0.2, 0.25) is 0 Å². The SMILES string of the molecule is CCCOC(=O)c1ccc2nc(N)sc2c1. The van der Waals surface area contributed by atoms with E-state index >= 15 is 0 Å². The minimum atomic E-state index is -0.296. The van der Waals surface area contributed by atoms with Crippen molar-refractivity contribution in [3.63, 3.8) is 0 Å². The molecule has 0 unspecified atom stereocenters. The lowest BCUT2D eigenvalue weighted by atomic mass is 10.2. The van der Waals surface area contributed by atoms with E-state index in [1.165, 1.54) is 11.3 Å². The average Bonchev–Trinajstić information content (AvgIpc) is 2.64. The number of nitrogens with zero attached hydrogens (tertiary/aromatic N) is 1. The number of aromatic nitrogens is 1. The summed E-state index contributed by atoms with van der Waals surface area (Å²) in [6, 6.07) is 5.26. The van der Waals surface area contributed by atoms with Crippen LogP contribution in [0.1, 0.15) is 23.7 Å². The fourth-order valence-electron chi connectivity index (χ4n) is 1.35. The second-order valence-corrected chi connectivity index (χ2v) is 4.43. The van der Waals surface area contributed by atoms with Gasteiger partial charge in [0.1, 0.15) is 0 Å². The molecule has 1 aromatic carbocycles. The van der Waals surface area contributed by atoms with Crippen LogP contribution in [0.2, 0.25) is 0 Å². The molecule has 84 valence electrons. The van der Waals surface area contributed by atoms with Gasteiger partial charge in [-0.3, -0.25) is 0 Å². The number of benzene rings is 1. The van der Waals surface area contributed by atoms with Crippen molar-refractivity contribution in [2.24, 2.45) is 0 Å².